The monoisotopic (exact) mass is 338 g/mol. The van der Waals surface area contributed by atoms with Crippen molar-refractivity contribution in [2.75, 3.05) is 5.32 Å². The fourth-order valence-corrected chi connectivity index (χ4v) is 2.47. The predicted octanol–water partition coefficient (Wildman–Crippen LogP) is 3.51. The SMILES string of the molecule is Cc1ccnc(NC(=O)CCn2nc(C(F)(F)F)cc2C2CC2)c1. The van der Waals surface area contributed by atoms with Crippen LogP contribution in [0.5, 0.6) is 0 Å². The number of nitrogens with one attached hydrogen (secondary N) is 1. The Balaban J connectivity index is 1.65. The highest BCUT2D eigenvalue weighted by Crippen LogP contribution is 2.42. The second kappa shape index (κ2) is 6.26. The molecule has 2 aromatic rings. The van der Waals surface area contributed by atoms with Gasteiger partial charge in [-0.15, -0.1) is 0 Å². The van der Waals surface area contributed by atoms with Crippen LogP contribution in [0.4, 0.5) is 19.0 Å². The molecule has 0 bridgehead atoms. The molecule has 1 amide bonds. The molecule has 0 radical (unpaired) electrons. The molecule has 0 saturated heterocycles. The van der Waals surface area contributed by atoms with Crippen LogP contribution in [-0.2, 0) is 17.5 Å². The van der Waals surface area contributed by atoms with Gasteiger partial charge in [0.05, 0.1) is 0 Å². The van der Waals surface area contributed by atoms with E-state index >= 15 is 0 Å². The number of amides is 1. The first-order valence-electron chi connectivity index (χ1n) is 7.70. The van der Waals surface area contributed by atoms with Crippen molar-refractivity contribution in [1.29, 1.82) is 0 Å². The molecule has 24 heavy (non-hydrogen) atoms. The average Bonchev–Trinajstić information content (AvgIpc) is 3.23. The smallest absolute Gasteiger partial charge is 0.311 e. The Kier molecular flexibility index (Phi) is 4.29. The van der Waals surface area contributed by atoms with Crippen molar-refractivity contribution in [3.05, 3.63) is 41.3 Å². The first-order chi connectivity index (χ1) is 11.3. The Morgan fingerprint density at radius 1 is 1.38 bits per heavy atom. The number of pyridine rings is 1. The van der Waals surface area contributed by atoms with Crippen molar-refractivity contribution >= 4 is 11.7 Å². The molecule has 3 rings (SSSR count). The van der Waals surface area contributed by atoms with Crippen LogP contribution in [0.3, 0.4) is 0 Å². The molecular weight excluding hydrogens is 321 g/mol. The summed E-state index contributed by atoms with van der Waals surface area (Å²) in [6.45, 7) is 1.99. The van der Waals surface area contributed by atoms with Crippen LogP contribution < -0.4 is 5.32 Å². The van der Waals surface area contributed by atoms with Crippen LogP contribution in [0, 0.1) is 6.92 Å². The Labute approximate surface area is 136 Å². The molecule has 2 heterocycles. The lowest BCUT2D eigenvalue weighted by atomic mass is 10.2. The number of anilines is 1. The summed E-state index contributed by atoms with van der Waals surface area (Å²) in [6.07, 6.45) is -1.12. The number of carbonyl (C=O) groups is 1. The quantitative estimate of drug-likeness (QED) is 0.907. The molecule has 1 fully saturated rings. The molecule has 1 aliphatic carbocycles. The van der Waals surface area contributed by atoms with Gasteiger partial charge in [0.15, 0.2) is 5.69 Å². The summed E-state index contributed by atoms with van der Waals surface area (Å²) in [5.41, 5.74) is 0.618. The van der Waals surface area contributed by atoms with Gasteiger partial charge >= 0.3 is 6.18 Å². The first-order valence-corrected chi connectivity index (χ1v) is 7.70. The van der Waals surface area contributed by atoms with E-state index in [4.69, 9.17) is 0 Å². The van der Waals surface area contributed by atoms with E-state index in [0.29, 0.717) is 11.5 Å². The minimum atomic E-state index is -4.47. The van der Waals surface area contributed by atoms with Gasteiger partial charge in [-0.3, -0.25) is 9.48 Å². The van der Waals surface area contributed by atoms with Gasteiger partial charge in [0.1, 0.15) is 5.82 Å². The number of nitrogens with zero attached hydrogens (tertiary/aromatic N) is 3. The van der Waals surface area contributed by atoms with E-state index in [-0.39, 0.29) is 24.8 Å². The number of alkyl halides is 3. The normalized spacial score (nSPS) is 14.7. The van der Waals surface area contributed by atoms with Gasteiger partial charge in [0.25, 0.3) is 0 Å². The predicted molar refractivity (Wildman–Crippen MR) is 81.4 cm³/mol. The van der Waals surface area contributed by atoms with Crippen LogP contribution in [0.25, 0.3) is 0 Å². The number of aryl methyl sites for hydroxylation is 2. The topological polar surface area (TPSA) is 59.8 Å². The highest BCUT2D eigenvalue weighted by molar-refractivity contribution is 5.89. The van der Waals surface area contributed by atoms with E-state index in [1.54, 1.807) is 18.3 Å². The molecule has 2 aromatic heterocycles. The fraction of sp³-hybridized carbons (Fsp3) is 0.438. The number of halogens is 3. The van der Waals surface area contributed by atoms with Crippen LogP contribution >= 0.6 is 0 Å². The van der Waals surface area contributed by atoms with Gasteiger partial charge < -0.3 is 5.32 Å². The highest BCUT2D eigenvalue weighted by Gasteiger charge is 2.37. The largest absolute Gasteiger partial charge is 0.435 e. The number of hydrogen-bond donors (Lipinski definition) is 1. The van der Waals surface area contributed by atoms with Crippen LogP contribution in [0.2, 0.25) is 0 Å². The minimum absolute atomic E-state index is 0.0360. The molecule has 0 atom stereocenters. The molecule has 5 nitrogen and oxygen atoms in total. The maximum atomic E-state index is 12.8. The van der Waals surface area contributed by atoms with E-state index < -0.39 is 11.9 Å². The summed E-state index contributed by atoms with van der Waals surface area (Å²) in [4.78, 5) is 16.0. The van der Waals surface area contributed by atoms with E-state index in [9.17, 15) is 18.0 Å². The lowest BCUT2D eigenvalue weighted by Crippen LogP contribution is -2.17. The van der Waals surface area contributed by atoms with Gasteiger partial charge in [0.2, 0.25) is 5.91 Å². The summed E-state index contributed by atoms with van der Waals surface area (Å²) in [5.74, 6) is 0.243. The summed E-state index contributed by atoms with van der Waals surface area (Å²) in [7, 11) is 0. The second-order valence-electron chi connectivity index (χ2n) is 5.97. The molecule has 0 spiro atoms. The molecule has 1 N–H and O–H groups in total. The highest BCUT2D eigenvalue weighted by atomic mass is 19.4. The number of aromatic nitrogens is 3. The van der Waals surface area contributed by atoms with Crippen molar-refractivity contribution < 1.29 is 18.0 Å². The third-order valence-corrected chi connectivity index (χ3v) is 3.83. The zero-order valence-electron chi connectivity index (χ0n) is 13.1. The summed E-state index contributed by atoms with van der Waals surface area (Å²) < 4.78 is 39.8. The van der Waals surface area contributed by atoms with Crippen LogP contribution in [0.15, 0.2) is 24.4 Å². The Bertz CT molecular complexity index is 750. The van der Waals surface area contributed by atoms with Gasteiger partial charge in [-0.25, -0.2) is 4.98 Å². The third kappa shape index (κ3) is 3.93. The molecule has 128 valence electrons. The average molecular weight is 338 g/mol. The van der Waals surface area contributed by atoms with Crippen LogP contribution in [-0.4, -0.2) is 20.7 Å². The molecule has 0 aliphatic heterocycles. The summed E-state index contributed by atoms with van der Waals surface area (Å²) in [6, 6.07) is 4.63. The minimum Gasteiger partial charge on any atom is -0.311 e. The third-order valence-electron chi connectivity index (χ3n) is 3.83. The fourth-order valence-electron chi connectivity index (χ4n) is 2.47. The standard InChI is InChI=1S/C16H17F3N4O/c1-10-4-6-20-14(8-10)21-15(24)5-7-23-12(11-2-3-11)9-13(22-23)16(17,18)19/h4,6,8-9,11H,2-3,5,7H2,1H3,(H,20,21,24). The van der Waals surface area contributed by atoms with Crippen LogP contribution in [0.1, 0.15) is 42.1 Å². The van der Waals surface area contributed by atoms with E-state index in [1.807, 2.05) is 6.92 Å². The van der Waals surface area contributed by atoms with Crippen molar-refractivity contribution in [1.82, 2.24) is 14.8 Å². The van der Waals surface area contributed by atoms with E-state index in [2.05, 4.69) is 15.4 Å². The molecule has 8 heteroatoms. The Hall–Kier alpha value is -2.38. The first kappa shape index (κ1) is 16.5. The number of hydrogen-bond acceptors (Lipinski definition) is 3. The number of carbonyl (C=O) groups excluding carboxylic acids is 1. The Morgan fingerprint density at radius 3 is 2.75 bits per heavy atom. The van der Waals surface area contributed by atoms with Gasteiger partial charge in [-0.1, -0.05) is 0 Å². The zero-order chi connectivity index (χ0) is 17.3. The summed E-state index contributed by atoms with van der Waals surface area (Å²) >= 11 is 0. The molecule has 1 aliphatic rings. The van der Waals surface area contributed by atoms with Gasteiger partial charge in [-0.2, -0.15) is 18.3 Å². The van der Waals surface area contributed by atoms with Crippen molar-refractivity contribution in [3.63, 3.8) is 0 Å². The molecule has 0 unspecified atom stereocenters. The van der Waals surface area contributed by atoms with Crippen molar-refractivity contribution in [2.24, 2.45) is 0 Å². The molecular formula is C16H17F3N4O. The maximum absolute atomic E-state index is 12.8. The number of rotatable bonds is 5. The van der Waals surface area contributed by atoms with Crippen molar-refractivity contribution in [3.8, 4) is 0 Å². The Morgan fingerprint density at radius 2 is 2.12 bits per heavy atom. The van der Waals surface area contributed by atoms with E-state index in [0.717, 1.165) is 24.5 Å². The maximum Gasteiger partial charge on any atom is 0.435 e. The van der Waals surface area contributed by atoms with Gasteiger partial charge in [-0.05, 0) is 43.5 Å². The van der Waals surface area contributed by atoms with Gasteiger partial charge in [0, 0.05) is 30.8 Å². The lowest BCUT2D eigenvalue weighted by molar-refractivity contribution is -0.141. The lowest BCUT2D eigenvalue weighted by Gasteiger charge is -2.08. The molecule has 1 saturated carbocycles. The summed E-state index contributed by atoms with van der Waals surface area (Å²) in [5, 5.41) is 6.27. The zero-order valence-corrected chi connectivity index (χ0v) is 13.1. The van der Waals surface area contributed by atoms with E-state index in [1.165, 1.54) is 4.68 Å². The van der Waals surface area contributed by atoms with Crippen molar-refractivity contribution in [2.45, 2.75) is 44.8 Å². The second-order valence-corrected chi connectivity index (χ2v) is 5.97. The molecule has 0 aromatic carbocycles.